The molecule has 0 spiro atoms. The van der Waals surface area contributed by atoms with Crippen LogP contribution in [0.2, 0.25) is 0 Å². The molecule has 1 N–H and O–H groups in total. The molecule has 4 heteroatoms. The SMILES string of the molecule is CCC(C)c1nc(COC)cc(NC)n1. The molecule has 0 bridgehead atoms. The van der Waals surface area contributed by atoms with E-state index in [9.17, 15) is 0 Å². The van der Waals surface area contributed by atoms with Gasteiger partial charge in [0.05, 0.1) is 12.3 Å². The van der Waals surface area contributed by atoms with E-state index in [2.05, 4.69) is 29.1 Å². The van der Waals surface area contributed by atoms with Crippen LogP contribution in [0.15, 0.2) is 6.07 Å². The van der Waals surface area contributed by atoms with Gasteiger partial charge in [0.15, 0.2) is 0 Å². The number of ether oxygens (including phenoxy) is 1. The van der Waals surface area contributed by atoms with Crippen LogP contribution in [-0.2, 0) is 11.3 Å². The van der Waals surface area contributed by atoms with E-state index in [1.54, 1.807) is 7.11 Å². The minimum absolute atomic E-state index is 0.383. The Bertz CT molecular complexity index is 315. The van der Waals surface area contributed by atoms with Gasteiger partial charge in [0.25, 0.3) is 0 Å². The predicted octanol–water partition coefficient (Wildman–Crippen LogP) is 2.18. The Labute approximate surface area is 91.1 Å². The van der Waals surface area contributed by atoms with Gasteiger partial charge in [-0.15, -0.1) is 0 Å². The first-order chi connectivity index (χ1) is 7.21. The average Bonchev–Trinajstić information content (AvgIpc) is 2.28. The molecule has 0 radical (unpaired) electrons. The van der Waals surface area contributed by atoms with E-state index in [0.29, 0.717) is 12.5 Å². The molecule has 4 nitrogen and oxygen atoms in total. The minimum atomic E-state index is 0.383. The molecular weight excluding hydrogens is 190 g/mol. The topological polar surface area (TPSA) is 47.0 Å². The fourth-order valence-corrected chi connectivity index (χ4v) is 1.27. The molecule has 1 aromatic heterocycles. The van der Waals surface area contributed by atoms with Gasteiger partial charge in [-0.25, -0.2) is 9.97 Å². The molecule has 1 unspecified atom stereocenters. The fourth-order valence-electron chi connectivity index (χ4n) is 1.27. The van der Waals surface area contributed by atoms with Crippen molar-refractivity contribution in [2.45, 2.75) is 32.8 Å². The zero-order valence-electron chi connectivity index (χ0n) is 9.87. The first kappa shape index (κ1) is 11.9. The summed E-state index contributed by atoms with van der Waals surface area (Å²) in [6.45, 7) is 4.79. The molecule has 84 valence electrons. The summed E-state index contributed by atoms with van der Waals surface area (Å²) in [4.78, 5) is 8.89. The Kier molecular flexibility index (Phi) is 4.49. The summed E-state index contributed by atoms with van der Waals surface area (Å²) in [6.07, 6.45) is 1.04. The number of nitrogens with one attached hydrogen (secondary N) is 1. The van der Waals surface area contributed by atoms with E-state index in [4.69, 9.17) is 4.74 Å². The van der Waals surface area contributed by atoms with Gasteiger partial charge < -0.3 is 10.1 Å². The highest BCUT2D eigenvalue weighted by atomic mass is 16.5. The van der Waals surface area contributed by atoms with Crippen LogP contribution >= 0.6 is 0 Å². The monoisotopic (exact) mass is 209 g/mol. The quantitative estimate of drug-likeness (QED) is 0.807. The lowest BCUT2D eigenvalue weighted by Crippen LogP contribution is -2.06. The second kappa shape index (κ2) is 5.66. The van der Waals surface area contributed by atoms with Gasteiger partial charge in [-0.1, -0.05) is 13.8 Å². The molecule has 0 fully saturated rings. The predicted molar refractivity (Wildman–Crippen MR) is 61.0 cm³/mol. The Hall–Kier alpha value is -1.16. The van der Waals surface area contributed by atoms with E-state index in [-0.39, 0.29) is 0 Å². The lowest BCUT2D eigenvalue weighted by atomic mass is 10.1. The molecule has 0 aromatic carbocycles. The zero-order valence-corrected chi connectivity index (χ0v) is 9.87. The van der Waals surface area contributed by atoms with E-state index in [1.807, 2.05) is 13.1 Å². The minimum Gasteiger partial charge on any atom is -0.378 e. The third-order valence-electron chi connectivity index (χ3n) is 2.40. The summed E-state index contributed by atoms with van der Waals surface area (Å²) in [5.41, 5.74) is 0.923. The second-order valence-electron chi connectivity index (χ2n) is 3.60. The van der Waals surface area contributed by atoms with Gasteiger partial charge in [0, 0.05) is 26.1 Å². The van der Waals surface area contributed by atoms with Crippen molar-refractivity contribution in [1.29, 1.82) is 0 Å². The van der Waals surface area contributed by atoms with Gasteiger partial charge >= 0.3 is 0 Å². The van der Waals surface area contributed by atoms with Crippen molar-refractivity contribution < 1.29 is 4.74 Å². The largest absolute Gasteiger partial charge is 0.378 e. The lowest BCUT2D eigenvalue weighted by Gasteiger charge is -2.11. The summed E-state index contributed by atoms with van der Waals surface area (Å²) < 4.78 is 5.08. The number of hydrogen-bond acceptors (Lipinski definition) is 4. The van der Waals surface area contributed by atoms with Crippen molar-refractivity contribution in [1.82, 2.24) is 9.97 Å². The van der Waals surface area contributed by atoms with E-state index >= 15 is 0 Å². The van der Waals surface area contributed by atoms with Crippen molar-refractivity contribution in [3.63, 3.8) is 0 Å². The molecule has 1 heterocycles. The lowest BCUT2D eigenvalue weighted by molar-refractivity contribution is 0.181. The van der Waals surface area contributed by atoms with Gasteiger partial charge in [0.1, 0.15) is 11.6 Å². The van der Waals surface area contributed by atoms with Crippen LogP contribution in [0.25, 0.3) is 0 Å². The van der Waals surface area contributed by atoms with Gasteiger partial charge in [0.2, 0.25) is 0 Å². The summed E-state index contributed by atoms with van der Waals surface area (Å²) in [7, 11) is 3.53. The Balaban J connectivity index is 2.99. The molecule has 1 rings (SSSR count). The second-order valence-corrected chi connectivity index (χ2v) is 3.60. The molecule has 15 heavy (non-hydrogen) atoms. The fraction of sp³-hybridized carbons (Fsp3) is 0.636. The van der Waals surface area contributed by atoms with Crippen molar-refractivity contribution in [3.05, 3.63) is 17.6 Å². The van der Waals surface area contributed by atoms with Crippen molar-refractivity contribution in [3.8, 4) is 0 Å². The third-order valence-corrected chi connectivity index (χ3v) is 2.40. The van der Waals surface area contributed by atoms with Crippen LogP contribution in [0.4, 0.5) is 5.82 Å². The molecule has 0 aliphatic heterocycles. The number of anilines is 1. The Morgan fingerprint density at radius 1 is 1.47 bits per heavy atom. The summed E-state index contributed by atoms with van der Waals surface area (Å²) in [6, 6.07) is 1.91. The molecule has 0 saturated heterocycles. The Morgan fingerprint density at radius 3 is 2.73 bits per heavy atom. The number of methoxy groups -OCH3 is 1. The van der Waals surface area contributed by atoms with E-state index in [0.717, 1.165) is 23.8 Å². The Morgan fingerprint density at radius 2 is 2.20 bits per heavy atom. The van der Waals surface area contributed by atoms with Crippen LogP contribution in [0, 0.1) is 0 Å². The summed E-state index contributed by atoms with van der Waals surface area (Å²) in [5.74, 6) is 2.12. The molecule has 0 aliphatic carbocycles. The van der Waals surface area contributed by atoms with Crippen molar-refractivity contribution in [2.75, 3.05) is 19.5 Å². The maximum absolute atomic E-state index is 5.08. The first-order valence-corrected chi connectivity index (χ1v) is 5.25. The summed E-state index contributed by atoms with van der Waals surface area (Å²) in [5, 5.41) is 3.04. The van der Waals surface area contributed by atoms with Crippen molar-refractivity contribution in [2.24, 2.45) is 0 Å². The molecule has 0 saturated carbocycles. The van der Waals surface area contributed by atoms with Crippen LogP contribution < -0.4 is 5.32 Å². The molecule has 0 amide bonds. The molecule has 1 atom stereocenters. The highest BCUT2D eigenvalue weighted by molar-refractivity contribution is 5.35. The van der Waals surface area contributed by atoms with Crippen molar-refractivity contribution >= 4 is 5.82 Å². The van der Waals surface area contributed by atoms with E-state index < -0.39 is 0 Å². The maximum Gasteiger partial charge on any atom is 0.133 e. The van der Waals surface area contributed by atoms with Crippen LogP contribution in [0.5, 0.6) is 0 Å². The van der Waals surface area contributed by atoms with Gasteiger partial charge in [-0.2, -0.15) is 0 Å². The molecule has 0 aliphatic rings. The highest BCUT2D eigenvalue weighted by Crippen LogP contribution is 2.17. The van der Waals surface area contributed by atoms with Crippen LogP contribution in [0.3, 0.4) is 0 Å². The number of aromatic nitrogens is 2. The van der Waals surface area contributed by atoms with E-state index in [1.165, 1.54) is 0 Å². The third kappa shape index (κ3) is 3.16. The number of hydrogen-bond donors (Lipinski definition) is 1. The van der Waals surface area contributed by atoms with Crippen LogP contribution in [-0.4, -0.2) is 24.1 Å². The highest BCUT2D eigenvalue weighted by Gasteiger charge is 2.09. The normalized spacial score (nSPS) is 12.5. The molecular formula is C11H19N3O. The summed E-state index contributed by atoms with van der Waals surface area (Å²) >= 11 is 0. The zero-order chi connectivity index (χ0) is 11.3. The average molecular weight is 209 g/mol. The standard InChI is InChI=1S/C11H19N3O/c1-5-8(2)11-13-9(7-15-4)6-10(12-3)14-11/h6,8H,5,7H2,1-4H3,(H,12,13,14). The van der Waals surface area contributed by atoms with Gasteiger partial charge in [-0.05, 0) is 6.42 Å². The molecule has 1 aromatic rings. The first-order valence-electron chi connectivity index (χ1n) is 5.25. The van der Waals surface area contributed by atoms with Crippen LogP contribution in [0.1, 0.15) is 37.7 Å². The number of nitrogens with zero attached hydrogens (tertiary/aromatic N) is 2. The number of rotatable bonds is 5. The maximum atomic E-state index is 5.08. The van der Waals surface area contributed by atoms with Gasteiger partial charge in [-0.3, -0.25) is 0 Å². The smallest absolute Gasteiger partial charge is 0.133 e.